The lowest BCUT2D eigenvalue weighted by atomic mass is 10.0. The molecule has 1 amide bonds. The first-order valence-corrected chi connectivity index (χ1v) is 9.98. The highest BCUT2D eigenvalue weighted by Crippen LogP contribution is 2.38. The zero-order valence-corrected chi connectivity index (χ0v) is 16.5. The number of allylic oxidation sites excluding steroid dienone is 1. The number of rotatable bonds is 8. The van der Waals surface area contributed by atoms with E-state index in [-0.39, 0.29) is 5.57 Å². The minimum absolute atomic E-state index is 0.0177. The molecule has 158 valence electrons. The second-order valence-electron chi connectivity index (χ2n) is 7.20. The Balaban J connectivity index is 1.51. The zero-order valence-electron chi connectivity index (χ0n) is 16.5. The summed E-state index contributed by atoms with van der Waals surface area (Å²) in [6.07, 6.45) is 6.50. The molecule has 1 N–H and O–H groups in total. The second kappa shape index (κ2) is 9.15. The number of carbonyl (C=O) groups excluding carboxylic acids is 2. The summed E-state index contributed by atoms with van der Waals surface area (Å²) in [7, 11) is 0. The van der Waals surface area contributed by atoms with Gasteiger partial charge in [0.1, 0.15) is 17.6 Å². The number of carbonyl (C=O) groups is 2. The summed E-state index contributed by atoms with van der Waals surface area (Å²) in [6.45, 7) is 4.34. The van der Waals surface area contributed by atoms with Crippen molar-refractivity contribution >= 4 is 17.8 Å². The number of ether oxygens (including phenoxy) is 1. The smallest absolute Gasteiger partial charge is 0.290 e. The second-order valence-corrected chi connectivity index (χ2v) is 7.20. The lowest BCUT2D eigenvalue weighted by Crippen LogP contribution is -2.39. The molecular weight excluding hydrogens is 388 g/mol. The van der Waals surface area contributed by atoms with Crippen LogP contribution in [-0.2, 0) is 14.3 Å². The molecule has 8 heteroatoms. The van der Waals surface area contributed by atoms with Gasteiger partial charge >= 0.3 is 0 Å². The summed E-state index contributed by atoms with van der Waals surface area (Å²) in [5.74, 6) is -0.613. The number of amides is 1. The Morgan fingerprint density at radius 3 is 2.60 bits per heavy atom. The molecule has 1 fully saturated rings. The van der Waals surface area contributed by atoms with Crippen LogP contribution in [0.3, 0.4) is 0 Å². The summed E-state index contributed by atoms with van der Waals surface area (Å²) in [6, 6.07) is 6.06. The molecule has 0 spiro atoms. The van der Waals surface area contributed by atoms with E-state index < -0.39 is 23.5 Å². The third-order valence-corrected chi connectivity index (χ3v) is 5.30. The van der Waals surface area contributed by atoms with Gasteiger partial charge in [-0.05, 0) is 42.8 Å². The van der Waals surface area contributed by atoms with E-state index in [1.54, 1.807) is 24.3 Å². The lowest BCUT2D eigenvalue weighted by Gasteiger charge is -2.29. The molecule has 1 saturated heterocycles. The fraction of sp³-hybridized carbons (Fsp3) is 0.364. The van der Waals surface area contributed by atoms with Crippen molar-refractivity contribution in [1.82, 2.24) is 9.80 Å². The lowest BCUT2D eigenvalue weighted by molar-refractivity contribution is -0.129. The van der Waals surface area contributed by atoms with E-state index in [1.165, 1.54) is 29.6 Å². The van der Waals surface area contributed by atoms with Crippen molar-refractivity contribution in [2.24, 2.45) is 0 Å². The van der Waals surface area contributed by atoms with Gasteiger partial charge < -0.3 is 23.6 Å². The Morgan fingerprint density at radius 2 is 1.90 bits per heavy atom. The van der Waals surface area contributed by atoms with Gasteiger partial charge in [-0.1, -0.05) is 0 Å². The first kappa shape index (κ1) is 20.2. The number of aliphatic hydroxyl groups excluding tert-OH is 1. The molecule has 2 aliphatic rings. The van der Waals surface area contributed by atoms with E-state index in [2.05, 4.69) is 4.90 Å². The quantitative estimate of drug-likeness (QED) is 0.666. The molecule has 0 aliphatic carbocycles. The minimum Gasteiger partial charge on any atom is -0.503 e. The van der Waals surface area contributed by atoms with Gasteiger partial charge in [0.05, 0.1) is 31.3 Å². The van der Waals surface area contributed by atoms with Gasteiger partial charge in [0.25, 0.3) is 5.91 Å². The number of morpholine rings is 1. The Hall–Kier alpha value is -3.10. The molecule has 1 atom stereocenters. The predicted octanol–water partition coefficient (Wildman–Crippen LogP) is 2.57. The van der Waals surface area contributed by atoms with Crippen LogP contribution in [0, 0.1) is 0 Å². The van der Waals surface area contributed by atoms with Crippen molar-refractivity contribution in [1.29, 1.82) is 0 Å². The molecule has 2 aromatic rings. The van der Waals surface area contributed by atoms with Gasteiger partial charge in [-0.3, -0.25) is 14.5 Å². The highest BCUT2D eigenvalue weighted by Gasteiger charge is 2.44. The van der Waals surface area contributed by atoms with Crippen LogP contribution in [0.1, 0.15) is 24.0 Å². The van der Waals surface area contributed by atoms with Crippen molar-refractivity contribution in [3.63, 3.8) is 0 Å². The summed E-state index contributed by atoms with van der Waals surface area (Å²) in [5.41, 5.74) is 0.0177. The van der Waals surface area contributed by atoms with E-state index in [9.17, 15) is 14.7 Å². The maximum absolute atomic E-state index is 12.9. The van der Waals surface area contributed by atoms with E-state index in [1.807, 2.05) is 0 Å². The Kier molecular flexibility index (Phi) is 6.15. The topological polar surface area (TPSA) is 96.4 Å². The van der Waals surface area contributed by atoms with Crippen LogP contribution in [0.15, 0.2) is 63.0 Å². The van der Waals surface area contributed by atoms with Crippen molar-refractivity contribution < 1.29 is 28.3 Å². The molecule has 0 bridgehead atoms. The highest BCUT2D eigenvalue weighted by atomic mass is 16.5. The van der Waals surface area contributed by atoms with Crippen molar-refractivity contribution in [3.05, 3.63) is 65.7 Å². The molecule has 0 aromatic carbocycles. The summed E-state index contributed by atoms with van der Waals surface area (Å²) in [4.78, 5) is 29.4. The number of hydrogen-bond donors (Lipinski definition) is 1. The molecule has 0 unspecified atom stereocenters. The van der Waals surface area contributed by atoms with Crippen molar-refractivity contribution in [3.8, 4) is 0 Å². The molecule has 2 aliphatic heterocycles. The molecule has 0 radical (unpaired) electrons. The van der Waals surface area contributed by atoms with E-state index in [4.69, 9.17) is 13.6 Å². The van der Waals surface area contributed by atoms with Gasteiger partial charge in [-0.2, -0.15) is 0 Å². The van der Waals surface area contributed by atoms with Gasteiger partial charge in [-0.15, -0.1) is 0 Å². The van der Waals surface area contributed by atoms with E-state index in [0.29, 0.717) is 37.7 Å². The molecule has 8 nitrogen and oxygen atoms in total. The summed E-state index contributed by atoms with van der Waals surface area (Å²) >= 11 is 0. The third kappa shape index (κ3) is 4.24. The van der Waals surface area contributed by atoms with Crippen LogP contribution in [0.25, 0.3) is 6.08 Å². The van der Waals surface area contributed by atoms with E-state index in [0.717, 1.165) is 19.6 Å². The van der Waals surface area contributed by atoms with Crippen molar-refractivity contribution in [2.45, 2.75) is 12.5 Å². The van der Waals surface area contributed by atoms with Gasteiger partial charge in [0.15, 0.2) is 11.5 Å². The maximum atomic E-state index is 12.9. The SMILES string of the molecule is O=C(/C=C/c1ccco1)C1=C(O)C(=O)N(CCCN2CCOCC2)[C@@H]1c1ccco1. The average Bonchev–Trinajstić information content (AvgIpc) is 3.51. The molecule has 4 heterocycles. The molecule has 4 rings (SSSR count). The largest absolute Gasteiger partial charge is 0.503 e. The Labute approximate surface area is 174 Å². The first-order chi connectivity index (χ1) is 14.6. The highest BCUT2D eigenvalue weighted by molar-refractivity contribution is 6.14. The van der Waals surface area contributed by atoms with Gasteiger partial charge in [-0.25, -0.2) is 0 Å². The number of hydrogen-bond acceptors (Lipinski definition) is 7. The van der Waals surface area contributed by atoms with Gasteiger partial charge in [0.2, 0.25) is 0 Å². The third-order valence-electron chi connectivity index (χ3n) is 5.30. The van der Waals surface area contributed by atoms with Crippen LogP contribution in [0.2, 0.25) is 0 Å². The fourth-order valence-electron chi connectivity index (χ4n) is 3.80. The zero-order chi connectivity index (χ0) is 20.9. The number of aliphatic hydroxyl groups is 1. The number of nitrogens with zero attached hydrogens (tertiary/aromatic N) is 2. The molecular formula is C22H24N2O6. The molecule has 2 aromatic heterocycles. The molecule has 0 saturated carbocycles. The Morgan fingerprint density at radius 1 is 1.13 bits per heavy atom. The minimum atomic E-state index is -0.758. The summed E-state index contributed by atoms with van der Waals surface area (Å²) in [5, 5.41) is 10.5. The maximum Gasteiger partial charge on any atom is 0.290 e. The summed E-state index contributed by atoms with van der Waals surface area (Å²) < 4.78 is 16.1. The monoisotopic (exact) mass is 412 g/mol. The number of furan rings is 2. The van der Waals surface area contributed by atoms with Crippen LogP contribution in [0.5, 0.6) is 0 Å². The first-order valence-electron chi connectivity index (χ1n) is 9.98. The number of ketones is 1. The average molecular weight is 412 g/mol. The van der Waals surface area contributed by atoms with Crippen LogP contribution >= 0.6 is 0 Å². The van der Waals surface area contributed by atoms with E-state index >= 15 is 0 Å². The fourth-order valence-corrected chi connectivity index (χ4v) is 3.80. The predicted molar refractivity (Wildman–Crippen MR) is 107 cm³/mol. The molecule has 30 heavy (non-hydrogen) atoms. The Bertz CT molecular complexity index is 923. The van der Waals surface area contributed by atoms with Gasteiger partial charge in [0, 0.05) is 26.2 Å². The van der Waals surface area contributed by atoms with Crippen molar-refractivity contribution in [2.75, 3.05) is 39.4 Å². The normalized spacial score (nSPS) is 20.6. The standard InChI is InChI=1S/C22H24N2O6/c25-17(7-6-16-4-1-12-29-16)19-20(18-5-2-13-30-18)24(22(27)21(19)26)9-3-8-23-10-14-28-15-11-23/h1-2,4-7,12-13,20,26H,3,8-11,14-15H2/b7-6+/t20-/m1/s1. The van der Waals surface area contributed by atoms with Crippen LogP contribution in [0.4, 0.5) is 0 Å². The van der Waals surface area contributed by atoms with Crippen LogP contribution in [-0.4, -0.2) is 66.0 Å². The van der Waals surface area contributed by atoms with Crippen LogP contribution < -0.4 is 0 Å².